The van der Waals surface area contributed by atoms with Crippen molar-refractivity contribution in [1.29, 1.82) is 0 Å². The number of benzene rings is 1. The molecule has 1 saturated carbocycles. The number of urea groups is 1. The van der Waals surface area contributed by atoms with Crippen LogP contribution in [0, 0.1) is 11.8 Å². The molecule has 1 heterocycles. The Morgan fingerprint density at radius 3 is 2.38 bits per heavy atom. The average Bonchev–Trinajstić information content (AvgIpc) is 3.33. The second-order valence-electron chi connectivity index (χ2n) is 6.27. The fourth-order valence-electron chi connectivity index (χ4n) is 2.74. The fourth-order valence-corrected chi connectivity index (χ4v) is 3.00. The van der Waals surface area contributed by atoms with Crippen molar-refractivity contribution in [3.05, 3.63) is 28.7 Å². The summed E-state index contributed by atoms with van der Waals surface area (Å²) in [7, 11) is 0. The molecule has 0 unspecified atom stereocenters. The van der Waals surface area contributed by atoms with Crippen LogP contribution in [-0.4, -0.2) is 35.8 Å². The molecule has 128 valence electrons. The van der Waals surface area contributed by atoms with Crippen LogP contribution < -0.4 is 16.2 Å². The lowest BCUT2D eigenvalue weighted by atomic mass is 9.95. The molecule has 0 bridgehead atoms. The Morgan fingerprint density at radius 2 is 1.83 bits per heavy atom. The lowest BCUT2D eigenvalue weighted by Crippen LogP contribution is -2.54. The van der Waals surface area contributed by atoms with Crippen LogP contribution in [-0.2, 0) is 9.59 Å². The summed E-state index contributed by atoms with van der Waals surface area (Å²) in [5.74, 6) is 0.260. The molecule has 1 aliphatic heterocycles. The van der Waals surface area contributed by atoms with Gasteiger partial charge in [0.05, 0.1) is 5.69 Å². The Bertz CT molecular complexity index is 654. The molecule has 2 aliphatic rings. The monoisotopic (exact) mass is 394 g/mol. The predicted octanol–water partition coefficient (Wildman–Crippen LogP) is 1.62. The van der Waals surface area contributed by atoms with E-state index in [2.05, 4.69) is 21.4 Å². The Morgan fingerprint density at radius 1 is 1.21 bits per heavy atom. The van der Waals surface area contributed by atoms with Crippen molar-refractivity contribution < 1.29 is 14.4 Å². The van der Waals surface area contributed by atoms with Gasteiger partial charge in [-0.05, 0) is 37.1 Å². The van der Waals surface area contributed by atoms with Crippen LogP contribution >= 0.6 is 15.9 Å². The van der Waals surface area contributed by atoms with Crippen LogP contribution in [0.3, 0.4) is 0 Å². The number of rotatable bonds is 4. The smallest absolute Gasteiger partial charge is 0.338 e. The van der Waals surface area contributed by atoms with Crippen molar-refractivity contribution in [2.45, 2.75) is 19.3 Å². The lowest BCUT2D eigenvalue weighted by Gasteiger charge is -2.39. The maximum atomic E-state index is 12.2. The number of nitrogens with two attached hydrogens (primary N) is 1. The van der Waals surface area contributed by atoms with Gasteiger partial charge in [-0.2, -0.15) is 0 Å². The zero-order valence-electron chi connectivity index (χ0n) is 13.1. The second-order valence-corrected chi connectivity index (χ2v) is 7.19. The standard InChI is InChI=1S/C16H19BrN4O3/c17-12-3-5-13(6-4-12)21(16(18)24)19-14(22)7-10-8-20(9-10)15(23)11-1-2-11/h3-6,10-11H,1-2,7-9H2,(H2,18,24)(H,19,22). The number of halogens is 1. The van der Waals surface area contributed by atoms with Crippen LogP contribution in [0.15, 0.2) is 28.7 Å². The van der Waals surface area contributed by atoms with E-state index in [1.807, 2.05) is 0 Å². The minimum atomic E-state index is -0.759. The van der Waals surface area contributed by atoms with E-state index in [4.69, 9.17) is 5.73 Å². The summed E-state index contributed by atoms with van der Waals surface area (Å²) < 4.78 is 0.858. The highest BCUT2D eigenvalue weighted by Gasteiger charge is 2.39. The van der Waals surface area contributed by atoms with Gasteiger partial charge in [0, 0.05) is 35.8 Å². The molecule has 7 nitrogen and oxygen atoms in total. The van der Waals surface area contributed by atoms with E-state index < -0.39 is 6.03 Å². The van der Waals surface area contributed by atoms with Crippen LogP contribution in [0.1, 0.15) is 19.3 Å². The molecule has 8 heteroatoms. The number of hydrogen-bond donors (Lipinski definition) is 2. The first kappa shape index (κ1) is 16.8. The second kappa shape index (κ2) is 6.80. The maximum absolute atomic E-state index is 12.2. The number of amides is 4. The van der Waals surface area contributed by atoms with Gasteiger partial charge in [0.25, 0.3) is 0 Å². The van der Waals surface area contributed by atoms with Gasteiger partial charge in [-0.1, -0.05) is 15.9 Å². The first-order valence-electron chi connectivity index (χ1n) is 7.87. The van der Waals surface area contributed by atoms with Gasteiger partial charge in [-0.15, -0.1) is 0 Å². The minimum absolute atomic E-state index is 0.132. The van der Waals surface area contributed by atoms with Crippen molar-refractivity contribution in [1.82, 2.24) is 10.3 Å². The van der Waals surface area contributed by atoms with Crippen molar-refractivity contribution in [3.63, 3.8) is 0 Å². The summed E-state index contributed by atoms with van der Waals surface area (Å²) >= 11 is 3.31. The number of hydrogen-bond acceptors (Lipinski definition) is 3. The number of primary amides is 1. The largest absolute Gasteiger partial charge is 0.350 e. The maximum Gasteiger partial charge on any atom is 0.338 e. The molecule has 24 heavy (non-hydrogen) atoms. The third-order valence-electron chi connectivity index (χ3n) is 4.21. The normalized spacial score (nSPS) is 17.1. The van der Waals surface area contributed by atoms with E-state index in [-0.39, 0.29) is 30.1 Å². The number of carbonyl (C=O) groups is 3. The summed E-state index contributed by atoms with van der Waals surface area (Å²) in [6.07, 6.45) is 2.23. The molecule has 3 rings (SSSR count). The summed E-state index contributed by atoms with van der Waals surface area (Å²) in [5, 5.41) is 1.03. The molecule has 1 aromatic carbocycles. The van der Waals surface area contributed by atoms with Gasteiger partial charge in [0.1, 0.15) is 0 Å². The Balaban J connectivity index is 1.50. The van der Waals surface area contributed by atoms with Gasteiger partial charge in [0.15, 0.2) is 0 Å². The summed E-state index contributed by atoms with van der Waals surface area (Å²) in [4.78, 5) is 37.4. The van der Waals surface area contributed by atoms with Crippen LogP contribution in [0.4, 0.5) is 10.5 Å². The molecule has 0 radical (unpaired) electrons. The van der Waals surface area contributed by atoms with Gasteiger partial charge in [-0.25, -0.2) is 9.80 Å². The van der Waals surface area contributed by atoms with Gasteiger partial charge >= 0.3 is 6.03 Å². The first-order chi connectivity index (χ1) is 11.4. The van der Waals surface area contributed by atoms with Crippen molar-refractivity contribution >= 4 is 39.5 Å². The highest BCUT2D eigenvalue weighted by molar-refractivity contribution is 9.10. The highest BCUT2D eigenvalue weighted by Crippen LogP contribution is 2.33. The minimum Gasteiger partial charge on any atom is -0.350 e. The molecule has 0 spiro atoms. The summed E-state index contributed by atoms with van der Waals surface area (Å²) in [6, 6.07) is 6.10. The zero-order chi connectivity index (χ0) is 17.3. The molecular weight excluding hydrogens is 376 g/mol. The SMILES string of the molecule is NC(=O)N(NC(=O)CC1CN(C(=O)C2CC2)C1)c1ccc(Br)cc1. The quantitative estimate of drug-likeness (QED) is 0.759. The first-order valence-corrected chi connectivity index (χ1v) is 8.66. The summed E-state index contributed by atoms with van der Waals surface area (Å²) in [5.41, 5.74) is 8.36. The Hall–Kier alpha value is -2.09. The molecule has 1 aliphatic carbocycles. The third kappa shape index (κ3) is 3.87. The van der Waals surface area contributed by atoms with E-state index >= 15 is 0 Å². The van der Waals surface area contributed by atoms with Gasteiger partial charge in [-0.3, -0.25) is 15.0 Å². The molecule has 0 atom stereocenters. The van der Waals surface area contributed by atoms with Gasteiger partial charge in [0.2, 0.25) is 11.8 Å². The Labute approximate surface area is 148 Å². The van der Waals surface area contributed by atoms with E-state index in [0.29, 0.717) is 18.8 Å². The zero-order valence-corrected chi connectivity index (χ0v) is 14.7. The number of carbonyl (C=O) groups excluding carboxylic acids is 3. The van der Waals surface area contributed by atoms with E-state index in [1.165, 1.54) is 0 Å². The van der Waals surface area contributed by atoms with Gasteiger partial charge < -0.3 is 10.6 Å². The van der Waals surface area contributed by atoms with Crippen LogP contribution in [0.25, 0.3) is 0 Å². The Kier molecular flexibility index (Phi) is 4.75. The molecule has 3 N–H and O–H groups in total. The van der Waals surface area contributed by atoms with Crippen molar-refractivity contribution in [2.75, 3.05) is 18.1 Å². The molecule has 1 saturated heterocycles. The number of hydrazine groups is 1. The van der Waals surface area contributed by atoms with Crippen molar-refractivity contribution in [2.24, 2.45) is 17.6 Å². The van der Waals surface area contributed by atoms with Crippen LogP contribution in [0.2, 0.25) is 0 Å². The van der Waals surface area contributed by atoms with E-state index in [0.717, 1.165) is 22.3 Å². The fraction of sp³-hybridized carbons (Fsp3) is 0.438. The van der Waals surface area contributed by atoms with E-state index in [1.54, 1.807) is 29.2 Å². The topological polar surface area (TPSA) is 95.7 Å². The molecule has 2 fully saturated rings. The number of anilines is 1. The number of likely N-dealkylation sites (tertiary alicyclic amines) is 1. The summed E-state index contributed by atoms with van der Waals surface area (Å²) in [6.45, 7) is 1.22. The molecule has 4 amide bonds. The molecule has 0 aromatic heterocycles. The number of nitrogens with one attached hydrogen (secondary N) is 1. The highest BCUT2D eigenvalue weighted by atomic mass is 79.9. The molecule has 1 aromatic rings. The number of nitrogens with zero attached hydrogens (tertiary/aromatic N) is 2. The predicted molar refractivity (Wildman–Crippen MR) is 91.8 cm³/mol. The molecular formula is C16H19BrN4O3. The third-order valence-corrected chi connectivity index (χ3v) is 4.74. The average molecular weight is 395 g/mol. The lowest BCUT2D eigenvalue weighted by molar-refractivity contribution is -0.140. The van der Waals surface area contributed by atoms with E-state index in [9.17, 15) is 14.4 Å². The van der Waals surface area contributed by atoms with Crippen molar-refractivity contribution in [3.8, 4) is 0 Å². The van der Waals surface area contributed by atoms with Crippen LogP contribution in [0.5, 0.6) is 0 Å².